The number of nitro groups is 1. The summed E-state index contributed by atoms with van der Waals surface area (Å²) in [7, 11) is 1.41. The lowest BCUT2D eigenvalue weighted by Gasteiger charge is -2.16. The van der Waals surface area contributed by atoms with Gasteiger partial charge in [-0.3, -0.25) is 10.1 Å². The first-order chi connectivity index (χ1) is 13.3. The van der Waals surface area contributed by atoms with E-state index in [2.05, 4.69) is 9.72 Å². The molecule has 0 aliphatic heterocycles. The molecule has 9 heteroatoms. The van der Waals surface area contributed by atoms with Crippen LogP contribution in [0.5, 0.6) is 11.6 Å². The van der Waals surface area contributed by atoms with Crippen LogP contribution >= 0.6 is 0 Å². The molecule has 0 amide bonds. The van der Waals surface area contributed by atoms with E-state index >= 15 is 0 Å². The van der Waals surface area contributed by atoms with Gasteiger partial charge in [-0.05, 0) is 34.9 Å². The van der Waals surface area contributed by atoms with E-state index in [1.807, 2.05) is 0 Å². The Morgan fingerprint density at radius 1 is 1.00 bits per heavy atom. The molecule has 0 fully saturated rings. The van der Waals surface area contributed by atoms with Gasteiger partial charge in [-0.25, -0.2) is 4.98 Å². The Morgan fingerprint density at radius 3 is 2.43 bits per heavy atom. The van der Waals surface area contributed by atoms with Crippen molar-refractivity contribution in [1.82, 2.24) is 4.98 Å². The van der Waals surface area contributed by atoms with Crippen molar-refractivity contribution in [3.63, 3.8) is 0 Å². The molecule has 1 heterocycles. The fourth-order valence-corrected chi connectivity index (χ4v) is 2.71. The molecule has 0 aliphatic rings. The van der Waals surface area contributed by atoms with Crippen molar-refractivity contribution in [2.75, 3.05) is 7.11 Å². The van der Waals surface area contributed by atoms with Gasteiger partial charge in [0, 0.05) is 30.0 Å². The number of halogens is 3. The third kappa shape index (κ3) is 4.20. The predicted octanol–water partition coefficient (Wildman–Crippen LogP) is 5.23. The fraction of sp³-hybridized carbons (Fsp3) is 0.105. The van der Waals surface area contributed by atoms with Crippen LogP contribution in [0.15, 0.2) is 60.8 Å². The fourth-order valence-electron chi connectivity index (χ4n) is 2.71. The summed E-state index contributed by atoms with van der Waals surface area (Å²) in [6.07, 6.45) is -3.44. The summed E-state index contributed by atoms with van der Waals surface area (Å²) in [5.74, 6) is -0.152. The summed E-state index contributed by atoms with van der Waals surface area (Å²) in [6, 6.07) is 12.6. The molecule has 2 aromatic carbocycles. The number of nitrogens with zero attached hydrogens (tertiary/aromatic N) is 2. The Morgan fingerprint density at radius 2 is 1.75 bits per heavy atom. The summed E-state index contributed by atoms with van der Waals surface area (Å²) >= 11 is 0. The van der Waals surface area contributed by atoms with Crippen LogP contribution in [0.4, 0.5) is 18.9 Å². The van der Waals surface area contributed by atoms with E-state index in [9.17, 15) is 23.3 Å². The van der Waals surface area contributed by atoms with Gasteiger partial charge in [0.05, 0.1) is 12.0 Å². The molecule has 0 atom stereocenters. The summed E-state index contributed by atoms with van der Waals surface area (Å²) in [6.45, 7) is 0. The van der Waals surface area contributed by atoms with E-state index in [4.69, 9.17) is 4.74 Å². The van der Waals surface area contributed by atoms with E-state index in [0.29, 0.717) is 16.7 Å². The molecule has 0 unspecified atom stereocenters. The number of benzene rings is 2. The van der Waals surface area contributed by atoms with Crippen LogP contribution in [0.1, 0.15) is 0 Å². The number of nitro benzene ring substituents is 1. The van der Waals surface area contributed by atoms with Crippen LogP contribution < -0.4 is 9.47 Å². The highest BCUT2D eigenvalue weighted by Gasteiger charge is 2.32. The van der Waals surface area contributed by atoms with Gasteiger partial charge in [0.2, 0.25) is 5.88 Å². The third-order valence-electron chi connectivity index (χ3n) is 3.87. The highest BCUT2D eigenvalue weighted by atomic mass is 19.4. The Bertz CT molecular complexity index is 1020. The van der Waals surface area contributed by atoms with Crippen LogP contribution in [0.3, 0.4) is 0 Å². The number of ether oxygens (including phenoxy) is 2. The molecule has 0 bridgehead atoms. The first-order valence-corrected chi connectivity index (χ1v) is 7.92. The topological polar surface area (TPSA) is 74.5 Å². The maximum atomic E-state index is 12.8. The van der Waals surface area contributed by atoms with E-state index in [1.54, 1.807) is 12.1 Å². The van der Waals surface area contributed by atoms with Crippen LogP contribution in [0.2, 0.25) is 0 Å². The standard InChI is InChI=1S/C19H13F3N2O4/c1-27-18-10-12(8-9-23-18)16-11-13(24(25)26)6-7-14(16)15-4-2-3-5-17(15)28-19(20,21)22/h2-11H,1H3. The average Bonchev–Trinajstić information content (AvgIpc) is 2.67. The smallest absolute Gasteiger partial charge is 0.481 e. The molecule has 3 aromatic rings. The number of non-ortho nitro benzene ring substituents is 1. The number of alkyl halides is 3. The summed E-state index contributed by atoms with van der Waals surface area (Å²) in [5.41, 5.74) is 1.10. The summed E-state index contributed by atoms with van der Waals surface area (Å²) in [4.78, 5) is 14.6. The molecular formula is C19H13F3N2O4. The molecule has 0 N–H and O–H groups in total. The number of hydrogen-bond donors (Lipinski definition) is 0. The highest BCUT2D eigenvalue weighted by Crippen LogP contribution is 2.41. The largest absolute Gasteiger partial charge is 0.573 e. The third-order valence-corrected chi connectivity index (χ3v) is 3.87. The minimum Gasteiger partial charge on any atom is -0.481 e. The second-order valence-electron chi connectivity index (χ2n) is 5.62. The van der Waals surface area contributed by atoms with Crippen molar-refractivity contribution in [2.45, 2.75) is 6.36 Å². The quantitative estimate of drug-likeness (QED) is 0.440. The van der Waals surface area contributed by atoms with Crippen LogP contribution in [-0.4, -0.2) is 23.4 Å². The number of rotatable bonds is 5. The van der Waals surface area contributed by atoms with Crippen molar-refractivity contribution >= 4 is 5.69 Å². The van der Waals surface area contributed by atoms with Crippen molar-refractivity contribution < 1.29 is 27.6 Å². The highest BCUT2D eigenvalue weighted by molar-refractivity contribution is 5.87. The average molecular weight is 390 g/mol. The monoisotopic (exact) mass is 390 g/mol. The van der Waals surface area contributed by atoms with Crippen molar-refractivity contribution in [2.24, 2.45) is 0 Å². The first kappa shape index (κ1) is 19.2. The van der Waals surface area contributed by atoms with Crippen molar-refractivity contribution in [3.05, 3.63) is 70.9 Å². The maximum absolute atomic E-state index is 12.8. The van der Waals surface area contributed by atoms with E-state index < -0.39 is 17.0 Å². The maximum Gasteiger partial charge on any atom is 0.573 e. The lowest BCUT2D eigenvalue weighted by atomic mass is 9.94. The second kappa shape index (κ2) is 7.55. The number of para-hydroxylation sites is 1. The molecule has 0 radical (unpaired) electrons. The second-order valence-corrected chi connectivity index (χ2v) is 5.62. The van der Waals surface area contributed by atoms with E-state index in [-0.39, 0.29) is 17.1 Å². The molecule has 0 saturated heterocycles. The van der Waals surface area contributed by atoms with Gasteiger partial charge in [0.25, 0.3) is 5.69 Å². The SMILES string of the molecule is COc1cc(-c2cc([N+](=O)[O-])ccc2-c2ccccc2OC(F)(F)F)ccn1. The zero-order valence-electron chi connectivity index (χ0n) is 14.4. The van der Waals surface area contributed by atoms with Gasteiger partial charge in [-0.15, -0.1) is 13.2 Å². The predicted molar refractivity (Wildman–Crippen MR) is 95.0 cm³/mol. The molecule has 0 aliphatic carbocycles. The zero-order chi connectivity index (χ0) is 20.3. The van der Waals surface area contributed by atoms with Gasteiger partial charge in [-0.1, -0.05) is 18.2 Å². The van der Waals surface area contributed by atoms with Gasteiger partial charge < -0.3 is 9.47 Å². The minimum atomic E-state index is -4.88. The molecule has 3 rings (SSSR count). The summed E-state index contributed by atoms with van der Waals surface area (Å²) < 4.78 is 47.6. The Balaban J connectivity index is 2.23. The van der Waals surface area contributed by atoms with Crippen LogP contribution in [0.25, 0.3) is 22.3 Å². The Hall–Kier alpha value is -3.62. The number of hydrogen-bond acceptors (Lipinski definition) is 5. The van der Waals surface area contributed by atoms with Crippen molar-refractivity contribution in [1.29, 1.82) is 0 Å². The Kier molecular flexibility index (Phi) is 5.16. The molecule has 0 saturated carbocycles. The molecule has 144 valence electrons. The molecule has 1 aromatic heterocycles. The molecule has 28 heavy (non-hydrogen) atoms. The van der Waals surface area contributed by atoms with Crippen molar-refractivity contribution in [3.8, 4) is 33.9 Å². The van der Waals surface area contributed by atoms with Gasteiger partial charge >= 0.3 is 6.36 Å². The molecule has 6 nitrogen and oxygen atoms in total. The van der Waals surface area contributed by atoms with Crippen LogP contribution in [-0.2, 0) is 0 Å². The van der Waals surface area contributed by atoms with E-state index in [0.717, 1.165) is 0 Å². The lowest BCUT2D eigenvalue weighted by Crippen LogP contribution is -2.17. The number of methoxy groups -OCH3 is 1. The van der Waals surface area contributed by atoms with Gasteiger partial charge in [0.1, 0.15) is 5.75 Å². The summed E-state index contributed by atoms with van der Waals surface area (Å²) in [5, 5.41) is 11.2. The molecule has 0 spiro atoms. The molecular weight excluding hydrogens is 377 g/mol. The van der Waals surface area contributed by atoms with Crippen LogP contribution in [0, 0.1) is 10.1 Å². The van der Waals surface area contributed by atoms with Gasteiger partial charge in [0.15, 0.2) is 0 Å². The lowest BCUT2D eigenvalue weighted by molar-refractivity contribution is -0.384. The number of aromatic nitrogens is 1. The Labute approximate surface area is 157 Å². The minimum absolute atomic E-state index is 0.139. The first-order valence-electron chi connectivity index (χ1n) is 7.92. The normalized spacial score (nSPS) is 11.1. The zero-order valence-corrected chi connectivity index (χ0v) is 14.4. The van der Waals surface area contributed by atoms with Gasteiger partial charge in [-0.2, -0.15) is 0 Å². The number of pyridine rings is 1. The van der Waals surface area contributed by atoms with E-state index in [1.165, 1.54) is 55.8 Å².